The summed E-state index contributed by atoms with van der Waals surface area (Å²) >= 11 is 0. The van der Waals surface area contributed by atoms with Gasteiger partial charge in [0.25, 0.3) is 0 Å². The predicted octanol–water partition coefficient (Wildman–Crippen LogP) is 18.9. The maximum Gasteiger partial charge on any atom is 0.113 e. The maximum atomic E-state index is 2.54. The van der Waals surface area contributed by atoms with Crippen LogP contribution in [0.1, 0.15) is 0 Å². The van der Waals surface area contributed by atoms with Gasteiger partial charge in [-0.25, -0.2) is 0 Å². The molecule has 1 aliphatic heterocycles. The van der Waals surface area contributed by atoms with Crippen LogP contribution < -0.4 is 20.2 Å². The third-order valence-corrected chi connectivity index (χ3v) is 18.8. The Morgan fingerprint density at radius 2 is 0.560 bits per heavy atom. The first kappa shape index (κ1) is 45.6. The standard InChI is InChI=1S/C72H54N2Si/c1-75(2)70-25-15-24-68-69(74(64-43-30-57(31-44-64)53-20-11-5-12-21-53)65-45-32-58(33-46-65)54-22-13-6-14-23-54)49-48-67(72(68)70)66-47-36-60(50-71(66)75)59-34-41-63(42-35-59)73(61-37-26-55(27-38-61)51-16-7-3-8-17-51)62-39-28-56(29-40-62)52-18-9-4-10-19-52/h3-50H,1-2H3. The molecule has 0 atom stereocenters. The molecule has 0 fully saturated rings. The summed E-state index contributed by atoms with van der Waals surface area (Å²) in [6.07, 6.45) is 0. The molecule has 0 N–H and O–H groups in total. The number of rotatable bonds is 11. The van der Waals surface area contributed by atoms with E-state index in [4.69, 9.17) is 0 Å². The molecule has 1 aliphatic rings. The minimum Gasteiger partial charge on any atom is -0.311 e. The summed E-state index contributed by atoms with van der Waals surface area (Å²) in [6.45, 7) is 5.07. The van der Waals surface area contributed by atoms with Gasteiger partial charge >= 0.3 is 0 Å². The Morgan fingerprint density at radius 1 is 0.240 bits per heavy atom. The van der Waals surface area contributed by atoms with E-state index < -0.39 is 8.07 Å². The summed E-state index contributed by atoms with van der Waals surface area (Å²) < 4.78 is 0. The van der Waals surface area contributed by atoms with E-state index in [0.29, 0.717) is 0 Å². The lowest BCUT2D eigenvalue weighted by molar-refractivity contribution is 1.28. The summed E-state index contributed by atoms with van der Waals surface area (Å²) in [7, 11) is -2.23. The normalized spacial score (nSPS) is 12.2. The second-order valence-electron chi connectivity index (χ2n) is 20.1. The van der Waals surface area contributed by atoms with Gasteiger partial charge in [0, 0.05) is 33.8 Å². The molecule has 3 heteroatoms. The minimum absolute atomic E-state index is 1.11. The number of hydrogen-bond acceptors (Lipinski definition) is 2. The van der Waals surface area contributed by atoms with Gasteiger partial charge in [0.1, 0.15) is 8.07 Å². The molecule has 0 bridgehead atoms. The molecule has 0 unspecified atom stereocenters. The fraction of sp³-hybridized carbons (Fsp3) is 0.0278. The number of fused-ring (bicyclic) bond motifs is 2. The topological polar surface area (TPSA) is 6.48 Å². The van der Waals surface area contributed by atoms with Crippen molar-refractivity contribution in [2.75, 3.05) is 9.80 Å². The zero-order valence-electron chi connectivity index (χ0n) is 42.1. The van der Waals surface area contributed by atoms with E-state index in [1.165, 1.54) is 93.6 Å². The van der Waals surface area contributed by atoms with Crippen molar-refractivity contribution in [2.24, 2.45) is 0 Å². The van der Waals surface area contributed by atoms with Crippen LogP contribution in [0, 0.1) is 0 Å². The molecule has 0 amide bonds. The van der Waals surface area contributed by atoms with E-state index in [1.54, 1.807) is 0 Å². The Balaban J connectivity index is 0.864. The Hall–Kier alpha value is -9.28. The van der Waals surface area contributed by atoms with Crippen LogP contribution in [-0.2, 0) is 0 Å². The van der Waals surface area contributed by atoms with Crippen LogP contribution in [0.4, 0.5) is 34.1 Å². The van der Waals surface area contributed by atoms with Crippen LogP contribution in [0.3, 0.4) is 0 Å². The van der Waals surface area contributed by atoms with Crippen LogP contribution in [0.15, 0.2) is 291 Å². The second kappa shape index (κ2) is 19.3. The van der Waals surface area contributed by atoms with Gasteiger partial charge in [-0.3, -0.25) is 0 Å². The first-order valence-corrected chi connectivity index (χ1v) is 29.0. The molecule has 1 heterocycles. The molecule has 0 aliphatic carbocycles. The lowest BCUT2D eigenvalue weighted by Gasteiger charge is -2.35. The van der Waals surface area contributed by atoms with Crippen molar-refractivity contribution in [3.8, 4) is 66.8 Å². The van der Waals surface area contributed by atoms with Crippen molar-refractivity contribution in [1.82, 2.24) is 0 Å². The number of nitrogens with zero attached hydrogens (tertiary/aromatic N) is 2. The monoisotopic (exact) mass is 974 g/mol. The highest BCUT2D eigenvalue weighted by molar-refractivity contribution is 7.03. The molecule has 0 aromatic heterocycles. The molecule has 75 heavy (non-hydrogen) atoms. The largest absolute Gasteiger partial charge is 0.311 e. The first-order chi connectivity index (χ1) is 36.9. The Bertz CT molecular complexity index is 3780. The van der Waals surface area contributed by atoms with Crippen molar-refractivity contribution >= 4 is 63.3 Å². The zero-order chi connectivity index (χ0) is 50.3. The first-order valence-electron chi connectivity index (χ1n) is 26.0. The molecule has 13 rings (SSSR count). The Labute approximate surface area is 441 Å². The fourth-order valence-corrected chi connectivity index (χ4v) is 14.5. The highest BCUT2D eigenvalue weighted by Crippen LogP contribution is 2.45. The average Bonchev–Trinajstić information content (AvgIpc) is 3.50. The summed E-state index contributed by atoms with van der Waals surface area (Å²) in [6, 6.07) is 107. The zero-order valence-corrected chi connectivity index (χ0v) is 43.1. The van der Waals surface area contributed by atoms with Crippen LogP contribution >= 0.6 is 0 Å². The lowest BCUT2D eigenvalue weighted by Crippen LogP contribution is -2.55. The van der Waals surface area contributed by atoms with E-state index in [-0.39, 0.29) is 0 Å². The highest BCUT2D eigenvalue weighted by atomic mass is 28.3. The SMILES string of the molecule is C[Si]1(C)c2cc(-c3ccc(N(c4ccc(-c5ccccc5)cc4)c4ccc(-c5ccccc5)cc4)cc3)ccc2-c2ccc(N(c3ccc(-c4ccccc4)cc3)c3ccc(-c4ccccc4)cc3)c3cccc1c23. The molecule has 12 aromatic rings. The molecule has 0 radical (unpaired) electrons. The van der Waals surface area contributed by atoms with Gasteiger partial charge in [-0.05, 0) is 149 Å². The molecule has 0 spiro atoms. The number of hydrogen-bond donors (Lipinski definition) is 0. The number of anilines is 6. The van der Waals surface area contributed by atoms with Crippen molar-refractivity contribution in [3.05, 3.63) is 291 Å². The minimum atomic E-state index is -2.23. The van der Waals surface area contributed by atoms with Gasteiger partial charge in [-0.2, -0.15) is 0 Å². The molecular weight excluding hydrogens is 921 g/mol. The van der Waals surface area contributed by atoms with E-state index >= 15 is 0 Å². The third-order valence-electron chi connectivity index (χ3n) is 15.3. The van der Waals surface area contributed by atoms with Crippen LogP contribution in [0.2, 0.25) is 13.1 Å². The third kappa shape index (κ3) is 8.53. The molecule has 0 saturated carbocycles. The van der Waals surface area contributed by atoms with Crippen molar-refractivity contribution < 1.29 is 0 Å². The average molecular weight is 975 g/mol. The Kier molecular flexibility index (Phi) is 11.7. The van der Waals surface area contributed by atoms with Gasteiger partial charge in [0.15, 0.2) is 0 Å². The van der Waals surface area contributed by atoms with E-state index in [0.717, 1.165) is 28.4 Å². The maximum absolute atomic E-state index is 2.54. The van der Waals surface area contributed by atoms with Crippen LogP contribution in [0.5, 0.6) is 0 Å². The van der Waals surface area contributed by atoms with Crippen molar-refractivity contribution in [1.29, 1.82) is 0 Å². The smallest absolute Gasteiger partial charge is 0.113 e. The van der Waals surface area contributed by atoms with Gasteiger partial charge in [0.05, 0.1) is 5.69 Å². The van der Waals surface area contributed by atoms with Crippen LogP contribution in [0.25, 0.3) is 77.5 Å². The summed E-state index contributed by atoms with van der Waals surface area (Å²) in [5.41, 5.74) is 21.5. The van der Waals surface area contributed by atoms with Gasteiger partial charge in [-0.1, -0.05) is 238 Å². The summed E-state index contributed by atoms with van der Waals surface area (Å²) in [4.78, 5) is 4.81. The second-order valence-corrected chi connectivity index (χ2v) is 24.4. The number of benzene rings is 12. The van der Waals surface area contributed by atoms with E-state index in [9.17, 15) is 0 Å². The van der Waals surface area contributed by atoms with Gasteiger partial charge in [0.2, 0.25) is 0 Å². The Morgan fingerprint density at radius 3 is 0.947 bits per heavy atom. The highest BCUT2D eigenvalue weighted by Gasteiger charge is 2.36. The van der Waals surface area contributed by atoms with E-state index in [1.807, 2.05) is 0 Å². The fourth-order valence-electron chi connectivity index (χ4n) is 11.4. The van der Waals surface area contributed by atoms with Crippen molar-refractivity contribution in [3.63, 3.8) is 0 Å². The van der Waals surface area contributed by atoms with Crippen LogP contribution in [-0.4, -0.2) is 8.07 Å². The lowest BCUT2D eigenvalue weighted by atomic mass is 9.93. The molecule has 12 aromatic carbocycles. The predicted molar refractivity (Wildman–Crippen MR) is 323 cm³/mol. The van der Waals surface area contributed by atoms with Crippen molar-refractivity contribution in [2.45, 2.75) is 13.1 Å². The molecular formula is C72H54N2Si. The summed E-state index contributed by atoms with van der Waals surface area (Å²) in [5.74, 6) is 0. The van der Waals surface area contributed by atoms with Gasteiger partial charge in [-0.15, -0.1) is 0 Å². The molecule has 2 nitrogen and oxygen atoms in total. The van der Waals surface area contributed by atoms with Gasteiger partial charge < -0.3 is 9.80 Å². The molecule has 356 valence electrons. The van der Waals surface area contributed by atoms with E-state index in [2.05, 4.69) is 314 Å². The molecule has 0 saturated heterocycles. The quantitative estimate of drug-likeness (QED) is 0.119. The summed E-state index contributed by atoms with van der Waals surface area (Å²) in [5, 5.41) is 5.59.